The lowest BCUT2D eigenvalue weighted by atomic mass is 10.3. The zero-order valence-electron chi connectivity index (χ0n) is 12.6. The molecule has 0 aromatic heterocycles. The van der Waals surface area contributed by atoms with Crippen LogP contribution in [0.15, 0.2) is 23.1 Å². The normalized spacial score (nSPS) is 13.0. The largest absolute Gasteiger partial charge is 0.490 e. The van der Waals surface area contributed by atoms with Gasteiger partial charge in [-0.2, -0.15) is 0 Å². The summed E-state index contributed by atoms with van der Waals surface area (Å²) in [6.07, 6.45) is 0.505. The molecule has 6 nitrogen and oxygen atoms in total. The van der Waals surface area contributed by atoms with Gasteiger partial charge in [-0.15, -0.1) is 0 Å². The van der Waals surface area contributed by atoms with Crippen molar-refractivity contribution in [1.29, 1.82) is 0 Å². The molecule has 0 amide bonds. The molecular formula is C14H23NO5S. The summed E-state index contributed by atoms with van der Waals surface area (Å²) in [7, 11) is -3.70. The number of rotatable bonds is 9. The average molecular weight is 317 g/mol. The summed E-state index contributed by atoms with van der Waals surface area (Å²) in [5.41, 5.74) is 0. The van der Waals surface area contributed by atoms with Gasteiger partial charge >= 0.3 is 0 Å². The minimum atomic E-state index is -3.70. The van der Waals surface area contributed by atoms with Gasteiger partial charge in [-0.3, -0.25) is 0 Å². The van der Waals surface area contributed by atoms with Crippen molar-refractivity contribution in [2.24, 2.45) is 0 Å². The van der Waals surface area contributed by atoms with Crippen molar-refractivity contribution in [1.82, 2.24) is 4.72 Å². The van der Waals surface area contributed by atoms with E-state index in [4.69, 9.17) is 14.6 Å². The molecule has 1 atom stereocenters. The van der Waals surface area contributed by atoms with Crippen molar-refractivity contribution in [3.8, 4) is 11.5 Å². The highest BCUT2D eigenvalue weighted by Crippen LogP contribution is 2.30. The smallest absolute Gasteiger partial charge is 0.241 e. The van der Waals surface area contributed by atoms with Crippen LogP contribution in [0.25, 0.3) is 0 Å². The van der Waals surface area contributed by atoms with Crippen LogP contribution < -0.4 is 14.2 Å². The second-order valence-corrected chi connectivity index (χ2v) is 6.10. The Morgan fingerprint density at radius 2 is 1.76 bits per heavy atom. The number of benzene rings is 1. The van der Waals surface area contributed by atoms with Gasteiger partial charge in [0.1, 0.15) is 0 Å². The molecule has 0 spiro atoms. The van der Waals surface area contributed by atoms with Crippen LogP contribution in [0.5, 0.6) is 11.5 Å². The van der Waals surface area contributed by atoms with Gasteiger partial charge in [-0.25, -0.2) is 13.1 Å². The van der Waals surface area contributed by atoms with E-state index < -0.39 is 16.1 Å². The van der Waals surface area contributed by atoms with Crippen molar-refractivity contribution >= 4 is 10.0 Å². The van der Waals surface area contributed by atoms with Crippen molar-refractivity contribution in [3.63, 3.8) is 0 Å². The highest BCUT2D eigenvalue weighted by atomic mass is 32.2. The molecule has 1 aromatic carbocycles. The number of sulfonamides is 1. The maximum absolute atomic E-state index is 12.3. The number of hydrogen-bond acceptors (Lipinski definition) is 5. The van der Waals surface area contributed by atoms with Crippen molar-refractivity contribution < 1.29 is 23.0 Å². The van der Waals surface area contributed by atoms with E-state index in [9.17, 15) is 8.42 Å². The predicted octanol–water partition coefficient (Wildman–Crippen LogP) is 1.53. The van der Waals surface area contributed by atoms with Crippen LogP contribution in [0.2, 0.25) is 0 Å². The summed E-state index contributed by atoms with van der Waals surface area (Å²) in [6, 6.07) is 3.96. The van der Waals surface area contributed by atoms with Crippen LogP contribution in [0.1, 0.15) is 27.2 Å². The minimum Gasteiger partial charge on any atom is -0.490 e. The first-order valence-corrected chi connectivity index (χ1v) is 8.49. The Labute approximate surface area is 126 Å². The molecule has 0 heterocycles. The van der Waals surface area contributed by atoms with Gasteiger partial charge in [0, 0.05) is 12.1 Å². The average Bonchev–Trinajstić information content (AvgIpc) is 2.47. The van der Waals surface area contributed by atoms with Crippen molar-refractivity contribution in [3.05, 3.63) is 18.2 Å². The fourth-order valence-electron chi connectivity index (χ4n) is 1.74. The predicted molar refractivity (Wildman–Crippen MR) is 80.3 cm³/mol. The van der Waals surface area contributed by atoms with E-state index in [1.165, 1.54) is 12.1 Å². The Morgan fingerprint density at radius 1 is 1.14 bits per heavy atom. The highest BCUT2D eigenvalue weighted by Gasteiger charge is 2.20. The van der Waals surface area contributed by atoms with Crippen LogP contribution in [-0.4, -0.2) is 39.4 Å². The molecule has 0 fully saturated rings. The molecule has 0 aliphatic heterocycles. The zero-order chi connectivity index (χ0) is 15.9. The van der Waals surface area contributed by atoms with E-state index in [1.54, 1.807) is 13.0 Å². The maximum atomic E-state index is 12.3. The van der Waals surface area contributed by atoms with E-state index in [-0.39, 0.29) is 11.5 Å². The van der Waals surface area contributed by atoms with Gasteiger partial charge in [-0.1, -0.05) is 6.92 Å². The summed E-state index contributed by atoms with van der Waals surface area (Å²) >= 11 is 0. The van der Waals surface area contributed by atoms with E-state index in [1.807, 2.05) is 13.8 Å². The number of nitrogens with one attached hydrogen (secondary N) is 1. The number of ether oxygens (including phenoxy) is 2. The molecule has 0 saturated carbocycles. The molecule has 2 N–H and O–H groups in total. The van der Waals surface area contributed by atoms with Crippen LogP contribution in [-0.2, 0) is 10.0 Å². The minimum absolute atomic E-state index is 0.0845. The lowest BCUT2D eigenvalue weighted by Crippen LogP contribution is -2.36. The standard InChI is InChI=1S/C14H23NO5S/c1-4-11(10-16)15-21(17,18)12-7-8-13(19-5-2)14(9-12)20-6-3/h7-9,11,15-16H,4-6,10H2,1-3H3/t11-/m0/s1. The molecule has 7 heteroatoms. The first-order valence-electron chi connectivity index (χ1n) is 7.01. The molecule has 120 valence electrons. The third kappa shape index (κ3) is 4.87. The Hall–Kier alpha value is -1.31. The van der Waals surface area contributed by atoms with Gasteiger partial charge in [0.2, 0.25) is 10.0 Å². The topological polar surface area (TPSA) is 84.9 Å². The highest BCUT2D eigenvalue weighted by molar-refractivity contribution is 7.89. The number of aliphatic hydroxyl groups excluding tert-OH is 1. The lowest BCUT2D eigenvalue weighted by Gasteiger charge is -2.16. The first kappa shape index (κ1) is 17.7. The Morgan fingerprint density at radius 3 is 2.29 bits per heavy atom. The molecule has 0 unspecified atom stereocenters. The monoisotopic (exact) mass is 317 g/mol. The van der Waals surface area contributed by atoms with Gasteiger partial charge in [0.25, 0.3) is 0 Å². The molecular weight excluding hydrogens is 294 g/mol. The van der Waals surface area contributed by atoms with Gasteiger partial charge in [0.15, 0.2) is 11.5 Å². The molecule has 1 aromatic rings. The van der Waals surface area contributed by atoms with E-state index >= 15 is 0 Å². The molecule has 0 radical (unpaired) electrons. The SMILES string of the molecule is CCOc1ccc(S(=O)(=O)N[C@@H](CC)CO)cc1OCC. The fourth-order valence-corrected chi connectivity index (χ4v) is 3.06. The van der Waals surface area contributed by atoms with Gasteiger partial charge < -0.3 is 14.6 Å². The fraction of sp³-hybridized carbons (Fsp3) is 0.571. The summed E-state index contributed by atoms with van der Waals surface area (Å²) in [4.78, 5) is 0.0845. The number of aliphatic hydroxyl groups is 1. The molecule has 0 saturated heterocycles. The third-order valence-corrected chi connectivity index (χ3v) is 4.38. The van der Waals surface area contributed by atoms with Crippen LogP contribution >= 0.6 is 0 Å². The van der Waals surface area contributed by atoms with Gasteiger partial charge in [-0.05, 0) is 32.4 Å². The number of hydrogen-bond donors (Lipinski definition) is 2. The van der Waals surface area contributed by atoms with Crippen LogP contribution in [0.3, 0.4) is 0 Å². The second kappa shape index (κ2) is 8.21. The maximum Gasteiger partial charge on any atom is 0.241 e. The third-order valence-electron chi connectivity index (χ3n) is 2.86. The van der Waals surface area contributed by atoms with Crippen LogP contribution in [0.4, 0.5) is 0 Å². The Kier molecular flexibility index (Phi) is 6.94. The first-order chi connectivity index (χ1) is 9.98. The summed E-state index contributed by atoms with van der Waals surface area (Å²) in [5, 5.41) is 9.12. The van der Waals surface area contributed by atoms with Gasteiger partial charge in [0.05, 0.1) is 24.7 Å². The van der Waals surface area contributed by atoms with Crippen LogP contribution in [0, 0.1) is 0 Å². The van der Waals surface area contributed by atoms with E-state index in [0.717, 1.165) is 0 Å². The molecule has 1 rings (SSSR count). The summed E-state index contributed by atoms with van der Waals surface area (Å²) < 4.78 is 37.8. The van der Waals surface area contributed by atoms with Crippen molar-refractivity contribution in [2.45, 2.75) is 38.1 Å². The zero-order valence-corrected chi connectivity index (χ0v) is 13.4. The van der Waals surface area contributed by atoms with E-state index in [2.05, 4.69) is 4.72 Å². The Balaban J connectivity index is 3.09. The summed E-state index contributed by atoms with van der Waals surface area (Å²) in [5.74, 6) is 0.895. The molecule has 0 aliphatic carbocycles. The quantitative estimate of drug-likeness (QED) is 0.721. The lowest BCUT2D eigenvalue weighted by molar-refractivity contribution is 0.253. The van der Waals surface area contributed by atoms with E-state index in [0.29, 0.717) is 31.1 Å². The molecule has 21 heavy (non-hydrogen) atoms. The van der Waals surface area contributed by atoms with Crippen molar-refractivity contribution in [2.75, 3.05) is 19.8 Å². The molecule has 0 bridgehead atoms. The molecule has 0 aliphatic rings. The Bertz CT molecular complexity index is 540. The summed E-state index contributed by atoms with van der Waals surface area (Å²) in [6.45, 7) is 6.08. The second-order valence-electron chi connectivity index (χ2n) is 4.38.